The lowest BCUT2D eigenvalue weighted by Gasteiger charge is -2.11. The number of amides is 2. The van der Waals surface area contributed by atoms with Gasteiger partial charge < -0.3 is 0 Å². The largest absolute Gasteiger partial charge is 0.334 e. The fourth-order valence-corrected chi connectivity index (χ4v) is 3.39. The Labute approximate surface area is 166 Å². The van der Waals surface area contributed by atoms with Crippen LogP contribution in [0.2, 0.25) is 5.02 Å². The van der Waals surface area contributed by atoms with Crippen LogP contribution < -0.4 is 10.0 Å². The summed E-state index contributed by atoms with van der Waals surface area (Å²) < 4.78 is 27.9. The predicted octanol–water partition coefficient (Wildman–Crippen LogP) is 3.22. The number of aromatic nitrogens is 2. The Balaban J connectivity index is 1.86. The zero-order chi connectivity index (χ0) is 20.3. The Hall–Kier alpha value is -3.35. The van der Waals surface area contributed by atoms with Gasteiger partial charge in [-0.3, -0.25) is 5.32 Å². The number of carbonyl (C=O) groups is 1. The summed E-state index contributed by atoms with van der Waals surface area (Å²) >= 11 is 5.87. The van der Waals surface area contributed by atoms with Crippen LogP contribution in [0.25, 0.3) is 5.69 Å². The predicted molar refractivity (Wildman–Crippen MR) is 104 cm³/mol. The highest BCUT2D eigenvalue weighted by Gasteiger charge is 2.20. The van der Waals surface area contributed by atoms with Gasteiger partial charge in [-0.15, -0.1) is 0 Å². The van der Waals surface area contributed by atoms with E-state index in [2.05, 4.69) is 10.4 Å². The number of hydrogen-bond acceptors (Lipinski definition) is 5. The molecule has 0 spiro atoms. The number of sulfonamides is 1. The smallest absolute Gasteiger partial charge is 0.290 e. The van der Waals surface area contributed by atoms with Crippen molar-refractivity contribution in [2.45, 2.75) is 11.8 Å². The summed E-state index contributed by atoms with van der Waals surface area (Å²) in [7, 11) is -4.07. The quantitative estimate of drug-likeness (QED) is 0.678. The molecule has 10 heteroatoms. The second-order valence-electron chi connectivity index (χ2n) is 5.78. The number of carbonyl (C=O) groups excluding carboxylic acids is 1. The number of benzene rings is 2. The normalized spacial score (nSPS) is 10.9. The number of rotatable bonds is 4. The molecule has 0 aliphatic carbocycles. The first-order valence-electron chi connectivity index (χ1n) is 7.95. The van der Waals surface area contributed by atoms with Gasteiger partial charge in [-0.05, 0) is 43.3 Å². The van der Waals surface area contributed by atoms with Gasteiger partial charge in [0, 0.05) is 5.02 Å². The third-order valence-corrected chi connectivity index (χ3v) is 5.35. The van der Waals surface area contributed by atoms with E-state index < -0.39 is 16.1 Å². The standard InChI is InChI=1S/C18H14ClN5O3S/c1-12-2-8-16(9-3-12)28(26,27)23-18(25)22-17-13(10-20)11-21-24(17)15-6-4-14(19)5-7-15/h2-9,11H,1H3,(H2,22,23,25). The summed E-state index contributed by atoms with van der Waals surface area (Å²) in [5.41, 5.74) is 1.48. The molecule has 142 valence electrons. The Morgan fingerprint density at radius 1 is 1.14 bits per heavy atom. The average Bonchev–Trinajstić information content (AvgIpc) is 3.04. The molecule has 3 rings (SSSR count). The summed E-state index contributed by atoms with van der Waals surface area (Å²) in [4.78, 5) is 12.2. The number of nitrogens with one attached hydrogen (secondary N) is 2. The molecular weight excluding hydrogens is 402 g/mol. The maximum absolute atomic E-state index is 12.4. The third-order valence-electron chi connectivity index (χ3n) is 3.75. The number of anilines is 1. The summed E-state index contributed by atoms with van der Waals surface area (Å²) in [5.74, 6) is 0.0291. The molecule has 0 unspecified atom stereocenters. The molecule has 0 radical (unpaired) electrons. The molecule has 0 saturated carbocycles. The van der Waals surface area contributed by atoms with Crippen molar-refractivity contribution in [3.8, 4) is 11.8 Å². The summed E-state index contributed by atoms with van der Waals surface area (Å²) in [6.07, 6.45) is 1.26. The highest BCUT2D eigenvalue weighted by Crippen LogP contribution is 2.21. The first-order chi connectivity index (χ1) is 13.3. The zero-order valence-electron chi connectivity index (χ0n) is 14.5. The van der Waals surface area contributed by atoms with Gasteiger partial charge in [0.25, 0.3) is 10.0 Å². The van der Waals surface area contributed by atoms with E-state index >= 15 is 0 Å². The van der Waals surface area contributed by atoms with Crippen LogP contribution in [0, 0.1) is 18.3 Å². The zero-order valence-corrected chi connectivity index (χ0v) is 16.1. The van der Waals surface area contributed by atoms with Crippen LogP contribution in [-0.4, -0.2) is 24.2 Å². The lowest BCUT2D eigenvalue weighted by Crippen LogP contribution is -2.35. The first-order valence-corrected chi connectivity index (χ1v) is 9.81. The lowest BCUT2D eigenvalue weighted by molar-refractivity contribution is 0.256. The topological polar surface area (TPSA) is 117 Å². The van der Waals surface area contributed by atoms with Gasteiger partial charge in [0.2, 0.25) is 0 Å². The minimum Gasteiger partial charge on any atom is -0.290 e. The van der Waals surface area contributed by atoms with Crippen LogP contribution in [-0.2, 0) is 10.0 Å². The molecule has 0 saturated heterocycles. The molecule has 1 heterocycles. The first kappa shape index (κ1) is 19.4. The SMILES string of the molecule is Cc1ccc(S(=O)(=O)NC(=O)Nc2c(C#N)cnn2-c2ccc(Cl)cc2)cc1. The van der Waals surface area contributed by atoms with E-state index in [0.29, 0.717) is 10.7 Å². The van der Waals surface area contributed by atoms with Crippen molar-refractivity contribution in [1.82, 2.24) is 14.5 Å². The third kappa shape index (κ3) is 4.14. The van der Waals surface area contributed by atoms with Gasteiger partial charge in [-0.1, -0.05) is 29.3 Å². The number of urea groups is 1. The highest BCUT2D eigenvalue weighted by atomic mass is 35.5. The van der Waals surface area contributed by atoms with E-state index in [0.717, 1.165) is 5.56 Å². The van der Waals surface area contributed by atoms with Crippen LogP contribution in [0.5, 0.6) is 0 Å². The molecule has 2 amide bonds. The Morgan fingerprint density at radius 3 is 2.39 bits per heavy atom. The molecular formula is C18H14ClN5O3S. The number of nitrogens with zero attached hydrogens (tertiary/aromatic N) is 3. The highest BCUT2D eigenvalue weighted by molar-refractivity contribution is 7.90. The maximum atomic E-state index is 12.4. The summed E-state index contributed by atoms with van der Waals surface area (Å²) in [5, 5.41) is 16.2. The molecule has 2 N–H and O–H groups in total. The molecule has 0 aliphatic heterocycles. The van der Waals surface area contributed by atoms with Gasteiger partial charge in [0.05, 0.1) is 16.8 Å². The molecule has 1 aromatic heterocycles. The van der Waals surface area contributed by atoms with Crippen molar-refractivity contribution in [2.75, 3.05) is 5.32 Å². The molecule has 0 bridgehead atoms. The van der Waals surface area contributed by atoms with Gasteiger partial charge in [-0.2, -0.15) is 10.4 Å². The fraction of sp³-hybridized carbons (Fsp3) is 0.0556. The van der Waals surface area contributed by atoms with Gasteiger partial charge in [-0.25, -0.2) is 22.6 Å². The molecule has 3 aromatic rings. The van der Waals surface area contributed by atoms with E-state index in [9.17, 15) is 18.5 Å². The summed E-state index contributed by atoms with van der Waals surface area (Å²) in [6, 6.07) is 13.4. The Morgan fingerprint density at radius 2 is 1.79 bits per heavy atom. The minimum atomic E-state index is -4.07. The van der Waals surface area contributed by atoms with Crippen molar-refractivity contribution >= 4 is 33.5 Å². The number of nitriles is 1. The van der Waals surface area contributed by atoms with E-state index in [1.165, 1.54) is 23.0 Å². The van der Waals surface area contributed by atoms with Gasteiger partial charge in [0.1, 0.15) is 11.6 Å². The van der Waals surface area contributed by atoms with Crippen molar-refractivity contribution in [1.29, 1.82) is 5.26 Å². The van der Waals surface area contributed by atoms with Gasteiger partial charge >= 0.3 is 6.03 Å². The Kier molecular flexibility index (Phi) is 5.35. The van der Waals surface area contributed by atoms with Crippen LogP contribution >= 0.6 is 11.6 Å². The van der Waals surface area contributed by atoms with Crippen molar-refractivity contribution < 1.29 is 13.2 Å². The average molecular weight is 416 g/mol. The summed E-state index contributed by atoms with van der Waals surface area (Å²) in [6.45, 7) is 1.82. The van der Waals surface area contributed by atoms with E-state index in [-0.39, 0.29) is 16.3 Å². The Bertz CT molecular complexity index is 1160. The lowest BCUT2D eigenvalue weighted by atomic mass is 10.2. The molecule has 28 heavy (non-hydrogen) atoms. The van der Waals surface area contributed by atoms with E-state index in [4.69, 9.17) is 11.6 Å². The van der Waals surface area contributed by atoms with Crippen LogP contribution in [0.15, 0.2) is 59.6 Å². The number of halogens is 1. The van der Waals surface area contributed by atoms with Crippen molar-refractivity contribution in [3.63, 3.8) is 0 Å². The van der Waals surface area contributed by atoms with Crippen LogP contribution in [0.1, 0.15) is 11.1 Å². The molecule has 2 aromatic carbocycles. The molecule has 0 fully saturated rings. The molecule has 0 atom stereocenters. The fourth-order valence-electron chi connectivity index (χ4n) is 2.36. The minimum absolute atomic E-state index is 0.0291. The molecule has 0 aliphatic rings. The van der Waals surface area contributed by atoms with Crippen molar-refractivity contribution in [2.24, 2.45) is 0 Å². The van der Waals surface area contributed by atoms with E-state index in [1.54, 1.807) is 36.4 Å². The molecule has 8 nitrogen and oxygen atoms in total. The number of hydrogen-bond donors (Lipinski definition) is 2. The maximum Gasteiger partial charge on any atom is 0.334 e. The monoisotopic (exact) mass is 415 g/mol. The van der Waals surface area contributed by atoms with Crippen molar-refractivity contribution in [3.05, 3.63) is 70.9 Å². The number of aryl methyl sites for hydroxylation is 1. The second-order valence-corrected chi connectivity index (χ2v) is 7.90. The van der Waals surface area contributed by atoms with Crippen LogP contribution in [0.4, 0.5) is 10.6 Å². The van der Waals surface area contributed by atoms with E-state index in [1.807, 2.05) is 17.7 Å². The van der Waals surface area contributed by atoms with Crippen LogP contribution in [0.3, 0.4) is 0 Å². The second kappa shape index (κ2) is 7.72. The van der Waals surface area contributed by atoms with Gasteiger partial charge in [0.15, 0.2) is 5.82 Å².